The van der Waals surface area contributed by atoms with Gasteiger partial charge in [0.15, 0.2) is 5.58 Å². The minimum atomic E-state index is -1.14. The fraction of sp³-hybridized carbons (Fsp3) is 0.115. The zero-order valence-electron chi connectivity index (χ0n) is 20.2. The number of nitrogen functional groups attached to an aromatic ring is 1. The summed E-state index contributed by atoms with van der Waals surface area (Å²) >= 11 is 6.59. The molecule has 0 spiro atoms. The first kappa shape index (κ1) is 24.8. The van der Waals surface area contributed by atoms with Gasteiger partial charge < -0.3 is 25.9 Å². The van der Waals surface area contributed by atoms with Gasteiger partial charge >= 0.3 is 12.0 Å². The summed E-state index contributed by atoms with van der Waals surface area (Å²) in [6.07, 6.45) is 1.31. The molecular formula is C26H22ClN7O4. The first-order valence-electron chi connectivity index (χ1n) is 11.4. The van der Waals surface area contributed by atoms with Gasteiger partial charge in [0.2, 0.25) is 5.96 Å². The molecule has 12 heteroatoms. The van der Waals surface area contributed by atoms with Crippen LogP contribution in [0.2, 0.25) is 5.02 Å². The molecule has 6 N–H and O–H groups in total. The predicted octanol–water partition coefficient (Wildman–Crippen LogP) is 4.49. The zero-order chi connectivity index (χ0) is 27.0. The molecule has 0 unspecified atom stereocenters. The number of pyridine rings is 1. The van der Waals surface area contributed by atoms with Crippen molar-refractivity contribution in [3.63, 3.8) is 0 Å². The number of para-hydroxylation sites is 1. The Bertz CT molecular complexity index is 1660. The molecule has 2 aromatic heterocycles. The highest BCUT2D eigenvalue weighted by atomic mass is 35.5. The van der Waals surface area contributed by atoms with E-state index in [1.807, 2.05) is 13.0 Å². The van der Waals surface area contributed by atoms with E-state index >= 15 is 0 Å². The second kappa shape index (κ2) is 9.87. The van der Waals surface area contributed by atoms with Crippen LogP contribution in [0, 0.1) is 6.92 Å². The van der Waals surface area contributed by atoms with Gasteiger partial charge in [0.1, 0.15) is 17.4 Å². The minimum Gasteiger partial charge on any atom is -0.478 e. The largest absolute Gasteiger partial charge is 0.478 e. The average Bonchev–Trinajstić information content (AvgIpc) is 3.27. The standard InChI is InChI=1S/C26H22ClN7O4/c1-12-6-7-15(16(27)10-12)21-20(23(35)32-19-11-14(24(36)37)8-9-29-19)13(2)30-25(33-21)34-26-31-18-5-3-4-17(28)22(18)38-26/h3-11,21H,28H2,1-2H3,(H,36,37)(H,29,32,35)(H2,30,31,33,34)/t21-/m0/s1. The Hall–Kier alpha value is -4.90. The number of halogens is 1. The number of anilines is 3. The van der Waals surface area contributed by atoms with Crippen molar-refractivity contribution in [1.29, 1.82) is 0 Å². The van der Waals surface area contributed by atoms with E-state index in [9.17, 15) is 14.7 Å². The van der Waals surface area contributed by atoms with Crippen LogP contribution in [0.5, 0.6) is 0 Å². The first-order valence-corrected chi connectivity index (χ1v) is 11.8. The highest BCUT2D eigenvalue weighted by Crippen LogP contribution is 2.36. The lowest BCUT2D eigenvalue weighted by molar-refractivity contribution is -0.113. The summed E-state index contributed by atoms with van der Waals surface area (Å²) in [4.78, 5) is 38.0. The number of benzene rings is 2. The van der Waals surface area contributed by atoms with Gasteiger partial charge in [0.05, 0.1) is 16.8 Å². The van der Waals surface area contributed by atoms with Gasteiger partial charge in [-0.15, -0.1) is 0 Å². The number of aromatic nitrogens is 2. The number of carbonyl (C=O) groups is 2. The van der Waals surface area contributed by atoms with Crippen LogP contribution < -0.4 is 21.7 Å². The second-order valence-corrected chi connectivity index (χ2v) is 9.00. The van der Waals surface area contributed by atoms with E-state index in [0.717, 1.165) is 5.56 Å². The zero-order valence-corrected chi connectivity index (χ0v) is 21.0. The molecule has 0 saturated carbocycles. The third-order valence-corrected chi connectivity index (χ3v) is 6.18. The predicted molar refractivity (Wildman–Crippen MR) is 144 cm³/mol. The summed E-state index contributed by atoms with van der Waals surface area (Å²) in [5.41, 5.74) is 9.72. The average molecular weight is 532 g/mol. The van der Waals surface area contributed by atoms with Gasteiger partial charge in [0, 0.05) is 22.5 Å². The molecule has 2 aromatic carbocycles. The van der Waals surface area contributed by atoms with Gasteiger partial charge in [-0.1, -0.05) is 29.8 Å². The van der Waals surface area contributed by atoms with Gasteiger partial charge in [0.25, 0.3) is 5.91 Å². The summed E-state index contributed by atoms with van der Waals surface area (Å²) in [5.74, 6) is -1.30. The number of aromatic carboxylic acids is 1. The number of carboxylic acid groups (broad SMARTS) is 1. The molecule has 11 nitrogen and oxygen atoms in total. The van der Waals surface area contributed by atoms with Crippen molar-refractivity contribution >= 4 is 58.1 Å². The molecule has 38 heavy (non-hydrogen) atoms. The molecule has 1 aliphatic rings. The lowest BCUT2D eigenvalue weighted by atomic mass is 9.95. The van der Waals surface area contributed by atoms with E-state index in [0.29, 0.717) is 33.1 Å². The maximum Gasteiger partial charge on any atom is 0.335 e. The maximum absolute atomic E-state index is 13.5. The van der Waals surface area contributed by atoms with Crippen molar-refractivity contribution in [3.8, 4) is 0 Å². The molecule has 0 bridgehead atoms. The Morgan fingerprint density at radius 2 is 1.97 bits per heavy atom. The molecule has 5 rings (SSSR count). The number of guanidine groups is 1. The molecule has 4 aromatic rings. The minimum absolute atomic E-state index is 0.00983. The number of amides is 1. The van der Waals surface area contributed by atoms with Crippen LogP contribution in [0.3, 0.4) is 0 Å². The second-order valence-electron chi connectivity index (χ2n) is 8.60. The third kappa shape index (κ3) is 4.87. The van der Waals surface area contributed by atoms with Crippen molar-refractivity contribution < 1.29 is 19.1 Å². The normalized spacial score (nSPS) is 15.1. The summed E-state index contributed by atoms with van der Waals surface area (Å²) < 4.78 is 5.76. The molecule has 192 valence electrons. The molecule has 1 atom stereocenters. The number of rotatable bonds is 5. The topological polar surface area (TPSA) is 168 Å². The number of hydrogen-bond donors (Lipinski definition) is 5. The van der Waals surface area contributed by atoms with Gasteiger partial charge in [-0.2, -0.15) is 4.98 Å². The van der Waals surface area contributed by atoms with Gasteiger partial charge in [-0.05, 0) is 49.7 Å². The molecule has 0 radical (unpaired) electrons. The highest BCUT2D eigenvalue weighted by molar-refractivity contribution is 6.31. The molecule has 0 aliphatic carbocycles. The number of nitrogens with one attached hydrogen (secondary N) is 3. The molecule has 1 aliphatic heterocycles. The Morgan fingerprint density at radius 1 is 1.16 bits per heavy atom. The number of nitrogens with zero attached hydrogens (tertiary/aromatic N) is 3. The van der Waals surface area contributed by atoms with E-state index in [-0.39, 0.29) is 28.9 Å². The quantitative estimate of drug-likeness (QED) is 0.233. The van der Waals surface area contributed by atoms with Gasteiger partial charge in [-0.25, -0.2) is 14.8 Å². The van der Waals surface area contributed by atoms with Crippen LogP contribution in [0.1, 0.15) is 34.5 Å². The van der Waals surface area contributed by atoms with E-state index < -0.39 is 17.9 Å². The number of carboxylic acids is 1. The molecule has 0 fully saturated rings. The lowest BCUT2D eigenvalue weighted by Gasteiger charge is -2.27. The van der Waals surface area contributed by atoms with Gasteiger partial charge in [-0.3, -0.25) is 10.1 Å². The van der Waals surface area contributed by atoms with Crippen molar-refractivity contribution in [1.82, 2.24) is 15.3 Å². The summed E-state index contributed by atoms with van der Waals surface area (Å²) in [6, 6.07) is 12.7. The Balaban J connectivity index is 1.50. The van der Waals surface area contributed by atoms with Crippen LogP contribution in [-0.2, 0) is 4.79 Å². The van der Waals surface area contributed by atoms with Crippen molar-refractivity contribution in [3.05, 3.63) is 87.7 Å². The Labute approximate surface area is 221 Å². The van der Waals surface area contributed by atoms with Crippen LogP contribution in [0.15, 0.2) is 75.4 Å². The summed E-state index contributed by atoms with van der Waals surface area (Å²) in [7, 11) is 0. The van der Waals surface area contributed by atoms with E-state index in [4.69, 9.17) is 26.7 Å². The number of allylic oxidation sites excluding steroid dienone is 1. The van der Waals surface area contributed by atoms with E-state index in [2.05, 4.69) is 25.9 Å². The van der Waals surface area contributed by atoms with Crippen LogP contribution >= 0.6 is 11.6 Å². The monoisotopic (exact) mass is 531 g/mol. The number of nitrogens with two attached hydrogens (primary N) is 1. The SMILES string of the molecule is CC1=C(C(=O)Nc2cc(C(=O)O)ccn2)[C@H](c2ccc(C)cc2Cl)N=C(Nc2nc3cccc(N)c3o2)N1. The first-order chi connectivity index (χ1) is 18.2. The molecule has 0 saturated heterocycles. The highest BCUT2D eigenvalue weighted by Gasteiger charge is 2.31. The number of carbonyl (C=O) groups excluding carboxylic acids is 1. The number of aliphatic imine (C=N–C) groups is 1. The molecule has 3 heterocycles. The fourth-order valence-electron chi connectivity index (χ4n) is 4.05. The van der Waals surface area contributed by atoms with E-state index in [1.54, 1.807) is 37.3 Å². The number of hydrogen-bond acceptors (Lipinski definition) is 9. The smallest absolute Gasteiger partial charge is 0.335 e. The van der Waals surface area contributed by atoms with Crippen molar-refractivity contribution in [2.24, 2.45) is 4.99 Å². The van der Waals surface area contributed by atoms with Crippen molar-refractivity contribution in [2.45, 2.75) is 19.9 Å². The van der Waals surface area contributed by atoms with Crippen LogP contribution in [0.25, 0.3) is 11.1 Å². The molecular weight excluding hydrogens is 510 g/mol. The molecule has 1 amide bonds. The van der Waals surface area contributed by atoms with Crippen molar-refractivity contribution in [2.75, 3.05) is 16.4 Å². The third-order valence-electron chi connectivity index (χ3n) is 5.86. The number of oxazole rings is 1. The lowest BCUT2D eigenvalue weighted by Crippen LogP contribution is -2.37. The number of fused-ring (bicyclic) bond motifs is 1. The van der Waals surface area contributed by atoms with Crippen LogP contribution in [0.4, 0.5) is 17.5 Å². The summed E-state index contributed by atoms with van der Waals surface area (Å²) in [5, 5.41) is 18.4. The Kier molecular flexibility index (Phi) is 6.43. The van der Waals surface area contributed by atoms with Crippen LogP contribution in [-0.4, -0.2) is 32.9 Å². The van der Waals surface area contributed by atoms with E-state index in [1.165, 1.54) is 18.3 Å². The maximum atomic E-state index is 13.5. The number of aryl methyl sites for hydroxylation is 1. The fourth-order valence-corrected chi connectivity index (χ4v) is 4.39. The summed E-state index contributed by atoms with van der Waals surface area (Å²) in [6.45, 7) is 3.62. The Morgan fingerprint density at radius 3 is 2.71 bits per heavy atom.